The van der Waals surface area contributed by atoms with E-state index in [4.69, 9.17) is 14.2 Å². The highest BCUT2D eigenvalue weighted by Gasteiger charge is 2.82. The molecular formula is C26H29NO6S. The third-order valence-electron chi connectivity index (χ3n) is 9.16. The quantitative estimate of drug-likeness (QED) is 0.602. The average molecular weight is 484 g/mol. The predicted molar refractivity (Wildman–Crippen MR) is 124 cm³/mol. The van der Waals surface area contributed by atoms with Gasteiger partial charge in [0.2, 0.25) is 10.0 Å². The molecule has 0 aromatic heterocycles. The summed E-state index contributed by atoms with van der Waals surface area (Å²) in [6.07, 6.45) is 2.32. The monoisotopic (exact) mass is 483 g/mol. The number of piperidine rings is 1. The number of carbonyl (C=O) groups excluding carboxylic acids is 1. The minimum absolute atomic E-state index is 0.114. The van der Waals surface area contributed by atoms with Crippen molar-refractivity contribution in [2.24, 2.45) is 16.7 Å². The molecule has 4 atom stereocenters. The first kappa shape index (κ1) is 21.9. The Balaban J connectivity index is 1.40. The molecule has 0 N–H and O–H groups in total. The zero-order chi connectivity index (χ0) is 23.8. The molecule has 0 spiro atoms. The van der Waals surface area contributed by atoms with Gasteiger partial charge in [0.25, 0.3) is 0 Å². The van der Waals surface area contributed by atoms with E-state index in [-0.39, 0.29) is 16.9 Å². The number of hydrogen-bond acceptors (Lipinski definition) is 6. The van der Waals surface area contributed by atoms with Gasteiger partial charge < -0.3 is 14.2 Å². The molecule has 2 saturated carbocycles. The van der Waals surface area contributed by atoms with Crippen LogP contribution in [0.3, 0.4) is 0 Å². The van der Waals surface area contributed by atoms with Gasteiger partial charge in [-0.3, -0.25) is 0 Å². The summed E-state index contributed by atoms with van der Waals surface area (Å²) in [4.78, 5) is 14.0. The van der Waals surface area contributed by atoms with Crippen molar-refractivity contribution in [3.05, 3.63) is 54.1 Å². The Morgan fingerprint density at radius 2 is 1.82 bits per heavy atom. The fraction of sp³-hybridized carbons (Fsp3) is 0.500. The second-order valence-electron chi connectivity index (χ2n) is 10.4. The number of rotatable bonds is 5. The Labute approximate surface area is 200 Å². The lowest BCUT2D eigenvalue weighted by Crippen LogP contribution is -2.61. The maximum atomic E-state index is 14.1. The Morgan fingerprint density at radius 3 is 2.56 bits per heavy atom. The van der Waals surface area contributed by atoms with E-state index in [1.807, 2.05) is 30.3 Å². The fourth-order valence-electron chi connectivity index (χ4n) is 7.07. The SMILES string of the molecule is CC12CN(S(=O)(=O)c3ccc4c(c3)OCCO4)C3(C(=O)OCc4ccccc4)CC1CCC23C. The summed E-state index contributed by atoms with van der Waals surface area (Å²) in [6, 6.07) is 14.2. The van der Waals surface area contributed by atoms with Gasteiger partial charge in [-0.05, 0) is 48.3 Å². The third kappa shape index (κ3) is 2.67. The Morgan fingerprint density at radius 1 is 1.09 bits per heavy atom. The van der Waals surface area contributed by atoms with Gasteiger partial charge in [-0.25, -0.2) is 13.2 Å². The summed E-state index contributed by atoms with van der Waals surface area (Å²) in [5.74, 6) is 0.804. The molecule has 34 heavy (non-hydrogen) atoms. The zero-order valence-corrected chi connectivity index (χ0v) is 20.3. The molecule has 6 rings (SSSR count). The van der Waals surface area contributed by atoms with Gasteiger partial charge in [-0.1, -0.05) is 44.2 Å². The standard InChI is InChI=1S/C26H29NO6S/c1-24-17-27(34(29,30)20-8-9-21-22(14-20)32-13-12-31-21)26(15-19(24)10-11-25(24,26)2)23(28)33-16-18-6-4-3-5-7-18/h3-9,14,19H,10-13,15-17H2,1-2H3. The van der Waals surface area contributed by atoms with Gasteiger partial charge in [0.15, 0.2) is 11.5 Å². The molecule has 2 aromatic carbocycles. The first-order valence-electron chi connectivity index (χ1n) is 11.9. The number of hydrogen-bond donors (Lipinski definition) is 0. The smallest absolute Gasteiger partial charge is 0.328 e. The highest BCUT2D eigenvalue weighted by molar-refractivity contribution is 7.89. The highest BCUT2D eigenvalue weighted by Crippen LogP contribution is 2.76. The lowest BCUT2D eigenvalue weighted by Gasteiger charge is -2.45. The van der Waals surface area contributed by atoms with Crippen LogP contribution in [0, 0.1) is 16.7 Å². The second kappa shape index (κ2) is 7.21. The Hall–Kier alpha value is -2.58. The van der Waals surface area contributed by atoms with Crippen molar-refractivity contribution in [2.75, 3.05) is 19.8 Å². The van der Waals surface area contributed by atoms with Crippen molar-refractivity contribution in [3.63, 3.8) is 0 Å². The maximum Gasteiger partial charge on any atom is 0.328 e. The molecule has 2 aliphatic heterocycles. The molecule has 2 aromatic rings. The summed E-state index contributed by atoms with van der Waals surface area (Å²) >= 11 is 0. The normalized spacial score (nSPS) is 33.8. The van der Waals surface area contributed by atoms with Crippen molar-refractivity contribution in [1.29, 1.82) is 0 Å². The molecule has 7 nitrogen and oxygen atoms in total. The molecule has 4 bridgehead atoms. The van der Waals surface area contributed by atoms with Gasteiger partial charge in [-0.2, -0.15) is 4.31 Å². The van der Waals surface area contributed by atoms with Crippen molar-refractivity contribution in [2.45, 2.75) is 50.2 Å². The molecule has 3 fully saturated rings. The lowest BCUT2D eigenvalue weighted by molar-refractivity contribution is -0.162. The van der Waals surface area contributed by atoms with Crippen LogP contribution in [0.5, 0.6) is 11.5 Å². The van der Waals surface area contributed by atoms with Crippen LogP contribution in [-0.2, 0) is 26.2 Å². The largest absolute Gasteiger partial charge is 0.486 e. The van der Waals surface area contributed by atoms with Gasteiger partial charge in [0, 0.05) is 18.0 Å². The number of carbonyl (C=O) groups is 1. The van der Waals surface area contributed by atoms with E-state index in [0.717, 1.165) is 18.4 Å². The van der Waals surface area contributed by atoms with Gasteiger partial charge >= 0.3 is 5.97 Å². The van der Waals surface area contributed by atoms with E-state index < -0.39 is 26.9 Å². The summed E-state index contributed by atoms with van der Waals surface area (Å²) < 4.78 is 46.7. The minimum atomic E-state index is -3.99. The van der Waals surface area contributed by atoms with Crippen LogP contribution in [0.15, 0.2) is 53.4 Å². The van der Waals surface area contributed by atoms with E-state index in [1.165, 1.54) is 10.4 Å². The molecule has 2 heterocycles. The van der Waals surface area contributed by atoms with E-state index in [1.54, 1.807) is 12.1 Å². The van der Waals surface area contributed by atoms with Gasteiger partial charge in [-0.15, -0.1) is 0 Å². The number of ether oxygens (including phenoxy) is 3. The van der Waals surface area contributed by atoms with Crippen LogP contribution in [-0.4, -0.2) is 44.0 Å². The van der Waals surface area contributed by atoms with E-state index in [9.17, 15) is 13.2 Å². The summed E-state index contributed by atoms with van der Waals surface area (Å²) in [5.41, 5.74) is -1.10. The number of fused-ring (bicyclic) bond motifs is 1. The maximum absolute atomic E-state index is 14.1. The Bertz CT molecular complexity index is 1260. The molecule has 180 valence electrons. The minimum Gasteiger partial charge on any atom is -0.486 e. The van der Waals surface area contributed by atoms with E-state index in [2.05, 4.69) is 13.8 Å². The fourth-order valence-corrected chi connectivity index (χ4v) is 9.02. The molecule has 4 unspecified atom stereocenters. The summed E-state index contributed by atoms with van der Waals surface area (Å²) in [7, 11) is -3.99. The second-order valence-corrected chi connectivity index (χ2v) is 12.3. The Kier molecular flexibility index (Phi) is 4.65. The number of esters is 1. The van der Waals surface area contributed by atoms with Gasteiger partial charge in [0.05, 0.1) is 4.90 Å². The number of nitrogens with zero attached hydrogens (tertiary/aromatic N) is 1. The topological polar surface area (TPSA) is 82.1 Å². The lowest BCUT2D eigenvalue weighted by atomic mass is 9.66. The first-order chi connectivity index (χ1) is 16.2. The number of sulfonamides is 1. The van der Waals surface area contributed by atoms with E-state index >= 15 is 0 Å². The molecular weight excluding hydrogens is 454 g/mol. The molecule has 2 aliphatic carbocycles. The first-order valence-corrected chi connectivity index (χ1v) is 13.3. The summed E-state index contributed by atoms with van der Waals surface area (Å²) in [6.45, 7) is 5.47. The van der Waals surface area contributed by atoms with Crippen molar-refractivity contribution in [1.82, 2.24) is 4.31 Å². The van der Waals surface area contributed by atoms with Crippen molar-refractivity contribution < 1.29 is 27.4 Å². The molecule has 8 heteroatoms. The summed E-state index contributed by atoms with van der Waals surface area (Å²) in [5, 5.41) is 0. The van der Waals surface area contributed by atoms with Crippen molar-refractivity contribution in [3.8, 4) is 11.5 Å². The highest BCUT2D eigenvalue weighted by atomic mass is 32.2. The van der Waals surface area contributed by atoms with Crippen LogP contribution in [0.4, 0.5) is 0 Å². The molecule has 0 amide bonds. The van der Waals surface area contributed by atoms with E-state index in [0.29, 0.717) is 43.6 Å². The predicted octanol–water partition coefficient (Wildman–Crippen LogP) is 3.77. The average Bonchev–Trinajstić information content (AvgIpc) is 3.31. The molecule has 1 saturated heterocycles. The molecule has 0 radical (unpaired) electrons. The van der Waals surface area contributed by atoms with Crippen LogP contribution < -0.4 is 9.47 Å². The third-order valence-corrected chi connectivity index (χ3v) is 11.0. The van der Waals surface area contributed by atoms with Crippen LogP contribution >= 0.6 is 0 Å². The van der Waals surface area contributed by atoms with Crippen LogP contribution in [0.1, 0.15) is 38.7 Å². The van der Waals surface area contributed by atoms with Crippen LogP contribution in [0.25, 0.3) is 0 Å². The zero-order valence-electron chi connectivity index (χ0n) is 19.5. The number of benzene rings is 2. The molecule has 4 aliphatic rings. The van der Waals surface area contributed by atoms with Crippen molar-refractivity contribution >= 4 is 16.0 Å². The van der Waals surface area contributed by atoms with Crippen LogP contribution in [0.2, 0.25) is 0 Å². The van der Waals surface area contributed by atoms with Gasteiger partial charge in [0.1, 0.15) is 25.4 Å².